The topological polar surface area (TPSA) is 76.1 Å². The van der Waals surface area contributed by atoms with Gasteiger partial charge in [0.25, 0.3) is 11.7 Å². The van der Waals surface area contributed by atoms with Crippen molar-refractivity contribution >= 4 is 34.7 Å². The number of aliphatic hydroxyl groups excluding tert-OH is 1. The van der Waals surface area contributed by atoms with Crippen LogP contribution in [0, 0.1) is 6.92 Å². The predicted molar refractivity (Wildman–Crippen MR) is 147 cm³/mol. The lowest BCUT2D eigenvalue weighted by molar-refractivity contribution is -0.132. The summed E-state index contributed by atoms with van der Waals surface area (Å²) >= 11 is 6.21. The van der Waals surface area contributed by atoms with Gasteiger partial charge >= 0.3 is 0 Å². The van der Waals surface area contributed by atoms with E-state index in [9.17, 15) is 14.7 Å². The average molecular weight is 526 g/mol. The maximum absolute atomic E-state index is 13.5. The number of para-hydroxylation sites is 1. The first-order chi connectivity index (χ1) is 18.4. The second kappa shape index (κ2) is 10.4. The number of carbonyl (C=O) groups excluding carboxylic acids is 2. The molecule has 0 aliphatic carbocycles. The van der Waals surface area contributed by atoms with Crippen LogP contribution in [0.25, 0.3) is 5.76 Å². The molecule has 4 aromatic rings. The zero-order valence-electron chi connectivity index (χ0n) is 20.7. The molecule has 1 N–H and O–H groups in total. The Hall–Kier alpha value is -4.55. The number of halogens is 1. The molecule has 1 unspecified atom stereocenters. The molecular weight excluding hydrogens is 502 g/mol. The number of Topliss-reactive ketones (excluding diaryl/α,β-unsaturated/α-hetero) is 1. The summed E-state index contributed by atoms with van der Waals surface area (Å²) in [5, 5.41) is 11.8. The Bertz CT molecular complexity index is 1550. The molecule has 0 bridgehead atoms. The Morgan fingerprint density at radius 1 is 0.868 bits per heavy atom. The first-order valence-corrected chi connectivity index (χ1v) is 12.3. The first kappa shape index (κ1) is 25.1. The largest absolute Gasteiger partial charge is 0.507 e. The van der Waals surface area contributed by atoms with Gasteiger partial charge in [0.1, 0.15) is 23.0 Å². The number of rotatable bonds is 6. The van der Waals surface area contributed by atoms with Gasteiger partial charge < -0.3 is 14.6 Å². The van der Waals surface area contributed by atoms with Gasteiger partial charge in [-0.05, 0) is 67.1 Å². The summed E-state index contributed by atoms with van der Waals surface area (Å²) in [6, 6.07) is 27.4. The Kier molecular flexibility index (Phi) is 6.90. The minimum Gasteiger partial charge on any atom is -0.507 e. The lowest BCUT2D eigenvalue weighted by Gasteiger charge is -2.26. The molecule has 0 saturated carbocycles. The highest BCUT2D eigenvalue weighted by molar-refractivity contribution is 6.51. The molecule has 1 saturated heterocycles. The summed E-state index contributed by atoms with van der Waals surface area (Å²) in [6.45, 7) is 1.94. The van der Waals surface area contributed by atoms with Crippen LogP contribution in [0.4, 0.5) is 5.69 Å². The van der Waals surface area contributed by atoms with Crippen LogP contribution in [0.5, 0.6) is 17.2 Å². The van der Waals surface area contributed by atoms with Crippen molar-refractivity contribution in [1.82, 2.24) is 0 Å². The Balaban J connectivity index is 1.70. The van der Waals surface area contributed by atoms with Crippen LogP contribution < -0.4 is 14.4 Å². The molecule has 7 heteroatoms. The van der Waals surface area contributed by atoms with Crippen LogP contribution in [-0.4, -0.2) is 23.9 Å². The molecule has 1 atom stereocenters. The van der Waals surface area contributed by atoms with E-state index in [1.54, 1.807) is 48.5 Å². The van der Waals surface area contributed by atoms with E-state index in [1.807, 2.05) is 49.4 Å². The van der Waals surface area contributed by atoms with Gasteiger partial charge in [-0.1, -0.05) is 59.6 Å². The molecule has 1 amide bonds. The van der Waals surface area contributed by atoms with Crippen molar-refractivity contribution in [3.8, 4) is 17.2 Å². The number of hydrogen-bond acceptors (Lipinski definition) is 5. The quantitative estimate of drug-likeness (QED) is 0.165. The summed E-state index contributed by atoms with van der Waals surface area (Å²) in [4.78, 5) is 28.4. The molecule has 0 aromatic heterocycles. The van der Waals surface area contributed by atoms with E-state index in [0.29, 0.717) is 33.5 Å². The van der Waals surface area contributed by atoms with Crippen LogP contribution in [-0.2, 0) is 9.59 Å². The zero-order valence-corrected chi connectivity index (χ0v) is 21.5. The highest BCUT2D eigenvalue weighted by Gasteiger charge is 2.47. The van der Waals surface area contributed by atoms with Crippen molar-refractivity contribution in [2.24, 2.45) is 0 Å². The van der Waals surface area contributed by atoms with Gasteiger partial charge in [-0.3, -0.25) is 14.5 Å². The number of benzene rings is 4. The van der Waals surface area contributed by atoms with Crippen molar-refractivity contribution < 1.29 is 24.2 Å². The molecule has 1 fully saturated rings. The number of hydrogen-bond donors (Lipinski definition) is 1. The van der Waals surface area contributed by atoms with Crippen molar-refractivity contribution in [3.05, 3.63) is 124 Å². The van der Waals surface area contributed by atoms with E-state index < -0.39 is 17.7 Å². The van der Waals surface area contributed by atoms with Crippen LogP contribution >= 0.6 is 11.6 Å². The Morgan fingerprint density at radius 2 is 1.58 bits per heavy atom. The highest BCUT2D eigenvalue weighted by atomic mass is 35.5. The molecule has 4 aromatic carbocycles. The third kappa shape index (κ3) is 4.74. The minimum absolute atomic E-state index is 0.0759. The molecule has 1 heterocycles. The second-order valence-electron chi connectivity index (χ2n) is 8.84. The fourth-order valence-electron chi connectivity index (χ4n) is 4.50. The standard InChI is InChI=1S/C31H24ClNO5/c1-19-11-14-22(15-12-19)33-28(20-7-6-10-24(17-20)38-23-8-4-3-5-9-23)27(30(35)31(33)36)29(34)25-18-21(32)13-16-26(25)37-2/h3-18,28,34H,1-2H3/b29-27+. The summed E-state index contributed by atoms with van der Waals surface area (Å²) in [6.07, 6.45) is 0. The maximum Gasteiger partial charge on any atom is 0.300 e. The number of aryl methyl sites for hydroxylation is 1. The summed E-state index contributed by atoms with van der Waals surface area (Å²) in [5.74, 6) is -0.477. The molecule has 0 radical (unpaired) electrons. The van der Waals surface area contributed by atoms with Gasteiger partial charge in [0.15, 0.2) is 0 Å². The predicted octanol–water partition coefficient (Wildman–Crippen LogP) is 7.08. The normalized spacial score (nSPS) is 16.5. The number of carbonyl (C=O) groups is 2. The number of nitrogens with zero attached hydrogens (tertiary/aromatic N) is 1. The van der Waals surface area contributed by atoms with Crippen LogP contribution in [0.3, 0.4) is 0 Å². The summed E-state index contributed by atoms with van der Waals surface area (Å²) in [7, 11) is 1.45. The van der Waals surface area contributed by atoms with E-state index in [0.717, 1.165) is 5.56 Å². The van der Waals surface area contributed by atoms with E-state index in [4.69, 9.17) is 21.1 Å². The second-order valence-corrected chi connectivity index (χ2v) is 9.27. The van der Waals surface area contributed by atoms with E-state index in [2.05, 4.69) is 0 Å². The number of aliphatic hydroxyl groups is 1. The number of anilines is 1. The van der Waals surface area contributed by atoms with Gasteiger partial charge in [-0.2, -0.15) is 0 Å². The zero-order chi connectivity index (χ0) is 26.8. The van der Waals surface area contributed by atoms with Gasteiger partial charge in [0.05, 0.1) is 24.3 Å². The number of ketones is 1. The summed E-state index contributed by atoms with van der Waals surface area (Å²) < 4.78 is 11.4. The number of amides is 1. The third-order valence-electron chi connectivity index (χ3n) is 6.33. The van der Waals surface area contributed by atoms with Crippen molar-refractivity contribution in [2.45, 2.75) is 13.0 Å². The van der Waals surface area contributed by atoms with E-state index >= 15 is 0 Å². The van der Waals surface area contributed by atoms with Gasteiger partial charge in [-0.25, -0.2) is 0 Å². The lowest BCUT2D eigenvalue weighted by Crippen LogP contribution is -2.29. The first-order valence-electron chi connectivity index (χ1n) is 11.9. The van der Waals surface area contributed by atoms with E-state index in [1.165, 1.54) is 18.1 Å². The molecule has 5 rings (SSSR count). The maximum atomic E-state index is 13.5. The third-order valence-corrected chi connectivity index (χ3v) is 6.56. The summed E-state index contributed by atoms with van der Waals surface area (Å²) in [5.41, 5.74) is 2.25. The average Bonchev–Trinajstić information content (AvgIpc) is 3.19. The molecule has 6 nitrogen and oxygen atoms in total. The molecule has 38 heavy (non-hydrogen) atoms. The number of methoxy groups -OCH3 is 1. The lowest BCUT2D eigenvalue weighted by atomic mass is 9.94. The van der Waals surface area contributed by atoms with Crippen molar-refractivity contribution in [1.29, 1.82) is 0 Å². The van der Waals surface area contributed by atoms with E-state index in [-0.39, 0.29) is 16.9 Å². The molecule has 190 valence electrons. The van der Waals surface area contributed by atoms with Crippen LogP contribution in [0.1, 0.15) is 22.7 Å². The van der Waals surface area contributed by atoms with Crippen molar-refractivity contribution in [2.75, 3.05) is 12.0 Å². The van der Waals surface area contributed by atoms with Gasteiger partial charge in [-0.15, -0.1) is 0 Å². The molecular formula is C31H24ClNO5. The van der Waals surface area contributed by atoms with Crippen molar-refractivity contribution in [3.63, 3.8) is 0 Å². The number of ether oxygens (including phenoxy) is 2. The molecule has 0 spiro atoms. The van der Waals surface area contributed by atoms with Gasteiger partial charge in [0.2, 0.25) is 0 Å². The smallest absolute Gasteiger partial charge is 0.300 e. The monoisotopic (exact) mass is 525 g/mol. The van der Waals surface area contributed by atoms with Gasteiger partial charge in [0, 0.05) is 10.7 Å². The minimum atomic E-state index is -0.930. The highest BCUT2D eigenvalue weighted by Crippen LogP contribution is 2.44. The SMILES string of the molecule is COc1ccc(Cl)cc1/C(O)=C1\C(=O)C(=O)N(c2ccc(C)cc2)C1c1cccc(Oc2ccccc2)c1. The molecule has 1 aliphatic heterocycles. The fourth-order valence-corrected chi connectivity index (χ4v) is 4.67. The Labute approximate surface area is 225 Å². The van der Waals surface area contributed by atoms with Crippen LogP contribution in [0.2, 0.25) is 5.02 Å². The Morgan fingerprint density at radius 3 is 2.29 bits per heavy atom. The van der Waals surface area contributed by atoms with Crippen LogP contribution in [0.15, 0.2) is 103 Å². The molecule has 1 aliphatic rings. The fraction of sp³-hybridized carbons (Fsp3) is 0.0968.